The van der Waals surface area contributed by atoms with E-state index in [1.54, 1.807) is 0 Å². The quantitative estimate of drug-likeness (QED) is 0.451. The second kappa shape index (κ2) is 7.72. The number of hydrogen-bond donors (Lipinski definition) is 1. The number of carbonyl (C=O) groups is 1. The Morgan fingerprint density at radius 3 is 2.32 bits per heavy atom. The smallest absolute Gasteiger partial charge is 0.226 e. The molecule has 2 aromatic heterocycles. The zero-order chi connectivity index (χ0) is 21.4. The number of benzene rings is 3. The SMILES string of the molecule is CN(C)c1ccc(NC(=O)CCn2c3ccccc3c3nc4ccccc4nc32)cc1. The van der Waals surface area contributed by atoms with Gasteiger partial charge < -0.3 is 14.8 Å². The number of nitrogens with zero attached hydrogens (tertiary/aromatic N) is 4. The van der Waals surface area contributed by atoms with Gasteiger partial charge in [-0.15, -0.1) is 0 Å². The van der Waals surface area contributed by atoms with Crippen molar-refractivity contribution >= 4 is 50.4 Å². The third-order valence-corrected chi connectivity index (χ3v) is 5.49. The van der Waals surface area contributed by atoms with Crippen molar-refractivity contribution in [1.82, 2.24) is 14.5 Å². The Hall–Kier alpha value is -3.93. The highest BCUT2D eigenvalue weighted by Gasteiger charge is 2.15. The van der Waals surface area contributed by atoms with Crippen molar-refractivity contribution in [2.45, 2.75) is 13.0 Å². The van der Waals surface area contributed by atoms with Gasteiger partial charge in [0.25, 0.3) is 0 Å². The van der Waals surface area contributed by atoms with E-state index < -0.39 is 0 Å². The van der Waals surface area contributed by atoms with Gasteiger partial charge in [-0.3, -0.25) is 4.79 Å². The molecule has 2 heterocycles. The van der Waals surface area contributed by atoms with Gasteiger partial charge in [-0.1, -0.05) is 30.3 Å². The number of aryl methyl sites for hydroxylation is 1. The molecule has 0 aliphatic heterocycles. The van der Waals surface area contributed by atoms with Crippen molar-refractivity contribution in [2.24, 2.45) is 0 Å². The lowest BCUT2D eigenvalue weighted by Gasteiger charge is -2.13. The number of rotatable bonds is 5. The van der Waals surface area contributed by atoms with Gasteiger partial charge in [-0.05, 0) is 42.5 Å². The number of aromatic nitrogens is 3. The largest absolute Gasteiger partial charge is 0.378 e. The monoisotopic (exact) mass is 409 g/mol. The Labute approximate surface area is 180 Å². The first-order valence-electron chi connectivity index (χ1n) is 10.3. The van der Waals surface area contributed by atoms with E-state index in [9.17, 15) is 4.79 Å². The third kappa shape index (κ3) is 3.57. The molecule has 3 aromatic carbocycles. The van der Waals surface area contributed by atoms with E-state index in [0.29, 0.717) is 13.0 Å². The van der Waals surface area contributed by atoms with Crippen molar-refractivity contribution < 1.29 is 4.79 Å². The molecule has 31 heavy (non-hydrogen) atoms. The predicted molar refractivity (Wildman–Crippen MR) is 127 cm³/mol. The van der Waals surface area contributed by atoms with E-state index in [1.807, 2.05) is 79.7 Å². The minimum Gasteiger partial charge on any atom is -0.378 e. The van der Waals surface area contributed by atoms with Gasteiger partial charge in [0.15, 0.2) is 5.65 Å². The van der Waals surface area contributed by atoms with Gasteiger partial charge in [0.1, 0.15) is 5.52 Å². The van der Waals surface area contributed by atoms with Crippen LogP contribution in [0.25, 0.3) is 33.1 Å². The summed E-state index contributed by atoms with van der Waals surface area (Å²) in [7, 11) is 3.98. The summed E-state index contributed by atoms with van der Waals surface area (Å²) in [5.74, 6) is -0.0303. The molecule has 6 nitrogen and oxygen atoms in total. The van der Waals surface area contributed by atoms with E-state index in [4.69, 9.17) is 9.97 Å². The topological polar surface area (TPSA) is 63.1 Å². The molecule has 0 unspecified atom stereocenters. The Balaban J connectivity index is 1.44. The summed E-state index contributed by atoms with van der Waals surface area (Å²) < 4.78 is 2.10. The lowest BCUT2D eigenvalue weighted by atomic mass is 10.2. The zero-order valence-corrected chi connectivity index (χ0v) is 17.5. The first-order chi connectivity index (χ1) is 15.1. The van der Waals surface area contributed by atoms with E-state index in [1.165, 1.54) is 0 Å². The van der Waals surface area contributed by atoms with Crippen molar-refractivity contribution in [1.29, 1.82) is 0 Å². The maximum Gasteiger partial charge on any atom is 0.226 e. The maximum atomic E-state index is 12.6. The highest BCUT2D eigenvalue weighted by atomic mass is 16.1. The summed E-state index contributed by atoms with van der Waals surface area (Å²) in [5, 5.41) is 4.04. The molecule has 1 N–H and O–H groups in total. The van der Waals surface area contributed by atoms with Gasteiger partial charge >= 0.3 is 0 Å². The molecule has 0 spiro atoms. The highest BCUT2D eigenvalue weighted by molar-refractivity contribution is 6.06. The normalized spacial score (nSPS) is 11.3. The molecule has 0 radical (unpaired) electrons. The predicted octanol–water partition coefficient (Wildman–Crippen LogP) is 4.83. The Kier molecular flexibility index (Phi) is 4.75. The molecule has 6 heteroatoms. The zero-order valence-electron chi connectivity index (χ0n) is 17.5. The van der Waals surface area contributed by atoms with Crippen LogP contribution in [0.3, 0.4) is 0 Å². The second-order valence-corrected chi connectivity index (χ2v) is 7.79. The van der Waals surface area contributed by atoms with Crippen LogP contribution >= 0.6 is 0 Å². The van der Waals surface area contributed by atoms with Crippen LogP contribution in [0.5, 0.6) is 0 Å². The standard InChI is InChI=1S/C25H23N5O/c1-29(2)18-13-11-17(12-14-18)26-23(31)15-16-30-22-10-6-3-7-19(22)24-25(30)28-21-9-5-4-8-20(21)27-24/h3-14H,15-16H2,1-2H3,(H,26,31). The fourth-order valence-corrected chi connectivity index (χ4v) is 3.89. The first kappa shape index (κ1) is 19.1. The maximum absolute atomic E-state index is 12.6. The number of carbonyl (C=O) groups excluding carboxylic acids is 1. The van der Waals surface area contributed by atoms with E-state index >= 15 is 0 Å². The summed E-state index contributed by atoms with van der Waals surface area (Å²) >= 11 is 0. The van der Waals surface area contributed by atoms with Crippen LogP contribution in [0.2, 0.25) is 0 Å². The minimum absolute atomic E-state index is 0.0303. The van der Waals surface area contributed by atoms with Crippen LogP contribution in [-0.4, -0.2) is 34.5 Å². The molecule has 5 aromatic rings. The molecule has 0 aliphatic carbocycles. The number of amides is 1. The van der Waals surface area contributed by atoms with Gasteiger partial charge in [0.2, 0.25) is 5.91 Å². The fourth-order valence-electron chi connectivity index (χ4n) is 3.89. The van der Waals surface area contributed by atoms with Crippen molar-refractivity contribution in [3.63, 3.8) is 0 Å². The molecule has 0 fully saturated rings. The lowest BCUT2D eigenvalue weighted by molar-refractivity contribution is -0.116. The Morgan fingerprint density at radius 2 is 1.58 bits per heavy atom. The molecule has 0 saturated carbocycles. The molecule has 0 aliphatic rings. The number of anilines is 2. The molecule has 0 atom stereocenters. The number of hydrogen-bond acceptors (Lipinski definition) is 4. The van der Waals surface area contributed by atoms with Crippen LogP contribution in [0.15, 0.2) is 72.8 Å². The summed E-state index contributed by atoms with van der Waals surface area (Å²) in [6.07, 6.45) is 0.345. The molecule has 154 valence electrons. The lowest BCUT2D eigenvalue weighted by Crippen LogP contribution is -2.15. The summed E-state index contributed by atoms with van der Waals surface area (Å²) in [5.41, 5.74) is 6.33. The average molecular weight is 409 g/mol. The van der Waals surface area contributed by atoms with Crippen LogP contribution in [0.1, 0.15) is 6.42 Å². The highest BCUT2D eigenvalue weighted by Crippen LogP contribution is 2.28. The molecule has 0 bridgehead atoms. The Morgan fingerprint density at radius 1 is 0.903 bits per heavy atom. The summed E-state index contributed by atoms with van der Waals surface area (Å²) in [6.45, 7) is 0.526. The van der Waals surface area contributed by atoms with Crippen LogP contribution in [-0.2, 0) is 11.3 Å². The van der Waals surface area contributed by atoms with E-state index in [0.717, 1.165) is 44.5 Å². The molecular formula is C25H23N5O. The second-order valence-electron chi connectivity index (χ2n) is 7.79. The third-order valence-electron chi connectivity index (χ3n) is 5.49. The van der Waals surface area contributed by atoms with Crippen LogP contribution < -0.4 is 10.2 Å². The number of para-hydroxylation sites is 3. The van der Waals surface area contributed by atoms with Gasteiger partial charge in [-0.25, -0.2) is 9.97 Å². The molecule has 0 saturated heterocycles. The van der Waals surface area contributed by atoms with Crippen LogP contribution in [0, 0.1) is 0 Å². The van der Waals surface area contributed by atoms with Crippen molar-refractivity contribution in [3.8, 4) is 0 Å². The number of fused-ring (bicyclic) bond motifs is 4. The first-order valence-corrected chi connectivity index (χ1v) is 10.3. The minimum atomic E-state index is -0.0303. The van der Waals surface area contributed by atoms with Crippen molar-refractivity contribution in [3.05, 3.63) is 72.8 Å². The molecular weight excluding hydrogens is 386 g/mol. The van der Waals surface area contributed by atoms with Crippen LogP contribution in [0.4, 0.5) is 11.4 Å². The van der Waals surface area contributed by atoms with Gasteiger partial charge in [0.05, 0.1) is 16.6 Å². The Bertz CT molecular complexity index is 1400. The van der Waals surface area contributed by atoms with E-state index in [2.05, 4.69) is 22.0 Å². The van der Waals surface area contributed by atoms with Crippen molar-refractivity contribution in [2.75, 3.05) is 24.3 Å². The summed E-state index contributed by atoms with van der Waals surface area (Å²) in [6, 6.07) is 23.8. The summed E-state index contributed by atoms with van der Waals surface area (Å²) in [4.78, 5) is 24.4. The number of nitrogens with one attached hydrogen (secondary N) is 1. The average Bonchev–Trinajstić information content (AvgIpc) is 3.09. The van der Waals surface area contributed by atoms with E-state index in [-0.39, 0.29) is 5.91 Å². The molecule has 1 amide bonds. The molecule has 5 rings (SSSR count). The van der Waals surface area contributed by atoms with Gasteiger partial charge in [-0.2, -0.15) is 0 Å². The van der Waals surface area contributed by atoms with Gasteiger partial charge in [0, 0.05) is 43.8 Å². The fraction of sp³-hybridized carbons (Fsp3) is 0.160.